The van der Waals surface area contributed by atoms with Crippen molar-refractivity contribution in [1.82, 2.24) is 0 Å². The highest BCUT2D eigenvalue weighted by Crippen LogP contribution is 2.25. The molecule has 0 spiro atoms. The van der Waals surface area contributed by atoms with Gasteiger partial charge in [-0.15, -0.1) is 24.0 Å². The molecule has 0 unspecified atom stereocenters. The van der Waals surface area contributed by atoms with Crippen LogP contribution in [0.2, 0.25) is 0 Å². The molecule has 3 rings (SSSR count). The lowest BCUT2D eigenvalue weighted by molar-refractivity contribution is 0.415. The van der Waals surface area contributed by atoms with E-state index in [-0.39, 0.29) is 24.0 Å². The number of nitrogens with two attached hydrogens (primary N) is 1. The molecule has 27 heavy (non-hydrogen) atoms. The monoisotopic (exact) mass is 475 g/mol. The molecule has 0 saturated heterocycles. The summed E-state index contributed by atoms with van der Waals surface area (Å²) in [6, 6.07) is 24.9. The van der Waals surface area contributed by atoms with E-state index in [1.807, 2.05) is 78.9 Å². The number of halogens is 1. The Kier molecular flexibility index (Phi) is 7.94. The van der Waals surface area contributed by atoms with E-state index in [4.69, 9.17) is 15.2 Å². The first kappa shape index (κ1) is 20.6. The maximum atomic E-state index is 5.99. The van der Waals surface area contributed by atoms with Gasteiger partial charge in [-0.05, 0) is 42.5 Å². The molecule has 0 aliphatic heterocycles. The highest BCUT2D eigenvalue weighted by molar-refractivity contribution is 14.0. The number of hydrogen-bond acceptors (Lipinski definition) is 3. The molecule has 6 heteroatoms. The SMILES string of the molecule is COc1ccc(NC(N)=NCc2ccccc2Oc2ccccc2)cc1.I. The van der Waals surface area contributed by atoms with Gasteiger partial charge in [0.15, 0.2) is 5.96 Å². The first-order valence-electron chi connectivity index (χ1n) is 8.26. The number of nitrogens with one attached hydrogen (secondary N) is 1. The summed E-state index contributed by atoms with van der Waals surface area (Å²) in [5.41, 5.74) is 7.80. The minimum absolute atomic E-state index is 0. The number of nitrogens with zero attached hydrogens (tertiary/aromatic N) is 1. The minimum Gasteiger partial charge on any atom is -0.497 e. The van der Waals surface area contributed by atoms with Crippen LogP contribution < -0.4 is 20.5 Å². The lowest BCUT2D eigenvalue weighted by atomic mass is 10.2. The fourth-order valence-electron chi connectivity index (χ4n) is 2.38. The standard InChI is InChI=1S/C21H21N3O2.HI/c1-25-18-13-11-17(12-14-18)24-21(22)23-15-16-7-5-6-10-20(16)26-19-8-3-2-4-9-19;/h2-14H,15H2,1H3,(H3,22,23,24);1H. The van der Waals surface area contributed by atoms with Gasteiger partial charge in [0.05, 0.1) is 13.7 Å². The molecule has 3 aromatic carbocycles. The molecule has 0 aliphatic carbocycles. The topological polar surface area (TPSA) is 68.9 Å². The lowest BCUT2D eigenvalue weighted by Crippen LogP contribution is -2.22. The van der Waals surface area contributed by atoms with Crippen LogP contribution in [0.5, 0.6) is 17.2 Å². The number of methoxy groups -OCH3 is 1. The molecule has 0 saturated carbocycles. The number of anilines is 1. The summed E-state index contributed by atoms with van der Waals surface area (Å²) in [7, 11) is 1.63. The van der Waals surface area contributed by atoms with Crippen LogP contribution in [0.3, 0.4) is 0 Å². The number of para-hydroxylation sites is 2. The molecule has 0 aliphatic rings. The molecular weight excluding hydrogens is 453 g/mol. The maximum Gasteiger partial charge on any atom is 0.193 e. The van der Waals surface area contributed by atoms with E-state index < -0.39 is 0 Å². The zero-order valence-corrected chi connectivity index (χ0v) is 17.3. The Bertz CT molecular complexity index is 868. The summed E-state index contributed by atoms with van der Waals surface area (Å²) < 4.78 is 11.1. The Morgan fingerprint density at radius 3 is 2.26 bits per heavy atom. The van der Waals surface area contributed by atoms with Gasteiger partial charge in [0, 0.05) is 11.3 Å². The fraction of sp³-hybridized carbons (Fsp3) is 0.0952. The number of ether oxygens (including phenoxy) is 2. The Balaban J connectivity index is 0.00000261. The van der Waals surface area contributed by atoms with E-state index in [0.717, 1.165) is 28.5 Å². The van der Waals surface area contributed by atoms with Crippen molar-refractivity contribution in [2.75, 3.05) is 12.4 Å². The number of hydrogen-bond donors (Lipinski definition) is 2. The predicted octanol–water partition coefficient (Wildman–Crippen LogP) is 5.03. The van der Waals surface area contributed by atoms with Crippen molar-refractivity contribution in [1.29, 1.82) is 0 Å². The third-order valence-corrected chi connectivity index (χ3v) is 3.73. The largest absolute Gasteiger partial charge is 0.497 e. The molecule has 3 N–H and O–H groups in total. The van der Waals surface area contributed by atoms with Crippen LogP contribution in [0.4, 0.5) is 5.69 Å². The zero-order chi connectivity index (χ0) is 18.2. The van der Waals surface area contributed by atoms with E-state index in [2.05, 4.69) is 10.3 Å². The molecule has 0 bridgehead atoms. The van der Waals surface area contributed by atoms with Crippen molar-refractivity contribution in [3.8, 4) is 17.2 Å². The van der Waals surface area contributed by atoms with Crippen LogP contribution in [0.25, 0.3) is 0 Å². The van der Waals surface area contributed by atoms with Gasteiger partial charge in [-0.25, -0.2) is 4.99 Å². The molecule has 0 heterocycles. The normalized spacial score (nSPS) is 10.6. The van der Waals surface area contributed by atoms with Gasteiger partial charge >= 0.3 is 0 Å². The Morgan fingerprint density at radius 2 is 1.56 bits per heavy atom. The second kappa shape index (κ2) is 10.4. The number of guanidine groups is 1. The summed E-state index contributed by atoms with van der Waals surface area (Å²) in [5, 5.41) is 3.06. The molecule has 0 amide bonds. The van der Waals surface area contributed by atoms with Crippen molar-refractivity contribution in [2.45, 2.75) is 6.54 Å². The van der Waals surface area contributed by atoms with Gasteiger partial charge in [-0.2, -0.15) is 0 Å². The Morgan fingerprint density at radius 1 is 0.889 bits per heavy atom. The molecule has 140 valence electrons. The molecule has 0 aromatic heterocycles. The third kappa shape index (κ3) is 6.18. The van der Waals surface area contributed by atoms with E-state index in [1.165, 1.54) is 0 Å². The minimum atomic E-state index is 0. The Labute approximate surface area is 176 Å². The van der Waals surface area contributed by atoms with E-state index in [0.29, 0.717) is 12.5 Å². The van der Waals surface area contributed by atoms with Gasteiger partial charge in [-0.1, -0.05) is 36.4 Å². The van der Waals surface area contributed by atoms with Crippen molar-refractivity contribution in [3.63, 3.8) is 0 Å². The second-order valence-electron chi connectivity index (χ2n) is 5.58. The van der Waals surface area contributed by atoms with Gasteiger partial charge in [-0.3, -0.25) is 0 Å². The van der Waals surface area contributed by atoms with E-state index in [1.54, 1.807) is 7.11 Å². The summed E-state index contributed by atoms with van der Waals surface area (Å²) >= 11 is 0. The first-order valence-corrected chi connectivity index (χ1v) is 8.26. The second-order valence-corrected chi connectivity index (χ2v) is 5.58. The van der Waals surface area contributed by atoms with Crippen LogP contribution in [0.1, 0.15) is 5.56 Å². The van der Waals surface area contributed by atoms with Crippen LogP contribution in [0.15, 0.2) is 83.9 Å². The smallest absolute Gasteiger partial charge is 0.193 e. The van der Waals surface area contributed by atoms with Gasteiger partial charge in [0.1, 0.15) is 17.2 Å². The van der Waals surface area contributed by atoms with Gasteiger partial charge in [0.25, 0.3) is 0 Å². The van der Waals surface area contributed by atoms with Crippen molar-refractivity contribution >= 4 is 35.6 Å². The summed E-state index contributed by atoms with van der Waals surface area (Å²) in [5.74, 6) is 2.68. The summed E-state index contributed by atoms with van der Waals surface area (Å²) in [6.07, 6.45) is 0. The van der Waals surface area contributed by atoms with Gasteiger partial charge < -0.3 is 20.5 Å². The number of benzene rings is 3. The summed E-state index contributed by atoms with van der Waals surface area (Å²) in [4.78, 5) is 4.41. The molecule has 3 aromatic rings. The number of aliphatic imine (C=N–C) groups is 1. The predicted molar refractivity (Wildman–Crippen MR) is 120 cm³/mol. The first-order chi connectivity index (χ1) is 12.7. The quantitative estimate of drug-likeness (QED) is 0.298. The molecule has 0 atom stereocenters. The maximum absolute atomic E-state index is 5.99. The lowest BCUT2D eigenvalue weighted by Gasteiger charge is -2.10. The zero-order valence-electron chi connectivity index (χ0n) is 15.0. The van der Waals surface area contributed by atoms with Crippen LogP contribution in [-0.2, 0) is 6.54 Å². The number of rotatable bonds is 6. The third-order valence-electron chi connectivity index (χ3n) is 3.73. The van der Waals surface area contributed by atoms with Crippen LogP contribution in [0, 0.1) is 0 Å². The molecule has 0 fully saturated rings. The molecule has 5 nitrogen and oxygen atoms in total. The Hall–Kier alpha value is -2.74. The van der Waals surface area contributed by atoms with E-state index in [9.17, 15) is 0 Å². The molecular formula is C21H22IN3O2. The average Bonchev–Trinajstić information content (AvgIpc) is 2.69. The molecule has 0 radical (unpaired) electrons. The highest BCUT2D eigenvalue weighted by Gasteiger charge is 2.04. The van der Waals surface area contributed by atoms with Crippen molar-refractivity contribution in [2.24, 2.45) is 10.7 Å². The van der Waals surface area contributed by atoms with Gasteiger partial charge in [0.2, 0.25) is 0 Å². The highest BCUT2D eigenvalue weighted by atomic mass is 127. The van der Waals surface area contributed by atoms with E-state index >= 15 is 0 Å². The van der Waals surface area contributed by atoms with Crippen molar-refractivity contribution < 1.29 is 9.47 Å². The van der Waals surface area contributed by atoms with Crippen molar-refractivity contribution in [3.05, 3.63) is 84.4 Å². The summed E-state index contributed by atoms with van der Waals surface area (Å²) in [6.45, 7) is 0.415. The fourth-order valence-corrected chi connectivity index (χ4v) is 2.38. The van der Waals surface area contributed by atoms with Crippen LogP contribution >= 0.6 is 24.0 Å². The average molecular weight is 475 g/mol. The van der Waals surface area contributed by atoms with Crippen LogP contribution in [-0.4, -0.2) is 13.1 Å².